The van der Waals surface area contributed by atoms with Gasteiger partial charge in [-0.2, -0.15) is 4.98 Å². The Morgan fingerprint density at radius 1 is 1.16 bits per heavy atom. The van der Waals surface area contributed by atoms with Crippen molar-refractivity contribution in [1.29, 1.82) is 0 Å². The molecule has 1 amide bonds. The van der Waals surface area contributed by atoms with Crippen LogP contribution < -0.4 is 22.1 Å². The maximum atomic E-state index is 13.0. The van der Waals surface area contributed by atoms with Crippen LogP contribution in [-0.4, -0.2) is 33.2 Å². The van der Waals surface area contributed by atoms with E-state index in [-0.39, 0.29) is 35.4 Å². The van der Waals surface area contributed by atoms with Crippen LogP contribution in [0.3, 0.4) is 0 Å². The number of aromatic nitrogens is 3. The van der Waals surface area contributed by atoms with E-state index in [9.17, 15) is 9.18 Å². The van der Waals surface area contributed by atoms with Gasteiger partial charge >= 0.3 is 0 Å². The van der Waals surface area contributed by atoms with Crippen molar-refractivity contribution in [2.24, 2.45) is 11.5 Å². The Labute approximate surface area is 144 Å². The molecule has 3 rings (SSSR count). The van der Waals surface area contributed by atoms with Crippen molar-refractivity contribution in [3.05, 3.63) is 35.8 Å². The lowest BCUT2D eigenvalue weighted by Gasteiger charge is -2.29. The molecular weight excluding hydrogens is 325 g/mol. The molecule has 6 N–H and O–H groups in total. The minimum atomic E-state index is -0.759. The average molecular weight is 345 g/mol. The number of carbonyl (C=O) groups is 1. The Bertz CT molecular complexity index is 753. The van der Waals surface area contributed by atoms with Crippen LogP contribution in [0.15, 0.2) is 24.3 Å². The SMILES string of the molecule is NC(=O)c1nnc(N[C@@H]2CCCC[C@@H]2N)nc1Nc1ccc(F)cc1. The first-order valence-corrected chi connectivity index (χ1v) is 8.12. The molecule has 8 nitrogen and oxygen atoms in total. The molecule has 1 aromatic heterocycles. The Balaban J connectivity index is 1.83. The number of anilines is 3. The number of hydrogen-bond acceptors (Lipinski definition) is 7. The Kier molecular flexibility index (Phi) is 5.03. The minimum Gasteiger partial charge on any atom is -0.364 e. The number of nitrogens with zero attached hydrogens (tertiary/aromatic N) is 3. The predicted octanol–water partition coefficient (Wildman–Crippen LogP) is 1.53. The zero-order chi connectivity index (χ0) is 17.8. The number of nitrogens with one attached hydrogen (secondary N) is 2. The number of benzene rings is 1. The molecule has 2 atom stereocenters. The molecule has 1 saturated carbocycles. The Morgan fingerprint density at radius 3 is 2.56 bits per heavy atom. The van der Waals surface area contributed by atoms with Gasteiger partial charge in [0.25, 0.3) is 5.91 Å². The molecule has 1 aliphatic carbocycles. The number of primary amides is 1. The first kappa shape index (κ1) is 17.0. The molecule has 1 aromatic carbocycles. The molecule has 1 aliphatic rings. The summed E-state index contributed by atoms with van der Waals surface area (Å²) in [6.07, 6.45) is 4.04. The van der Waals surface area contributed by atoms with E-state index in [1.54, 1.807) is 0 Å². The highest BCUT2D eigenvalue weighted by molar-refractivity contribution is 5.96. The number of nitrogens with two attached hydrogens (primary N) is 2. The van der Waals surface area contributed by atoms with Gasteiger partial charge in [-0.25, -0.2) is 4.39 Å². The molecule has 0 bridgehead atoms. The second kappa shape index (κ2) is 7.39. The molecule has 1 heterocycles. The lowest BCUT2D eigenvalue weighted by molar-refractivity contribution is 0.0995. The summed E-state index contributed by atoms with van der Waals surface area (Å²) in [5, 5.41) is 13.9. The van der Waals surface area contributed by atoms with Crippen molar-refractivity contribution in [3.8, 4) is 0 Å². The highest BCUT2D eigenvalue weighted by atomic mass is 19.1. The van der Waals surface area contributed by atoms with E-state index in [2.05, 4.69) is 25.8 Å². The summed E-state index contributed by atoms with van der Waals surface area (Å²) in [6, 6.07) is 5.69. The summed E-state index contributed by atoms with van der Waals surface area (Å²) in [5.74, 6) is -0.710. The van der Waals surface area contributed by atoms with E-state index in [4.69, 9.17) is 11.5 Å². The van der Waals surface area contributed by atoms with Gasteiger partial charge in [0.1, 0.15) is 5.82 Å². The third kappa shape index (κ3) is 4.18. The normalized spacial score (nSPS) is 20.1. The van der Waals surface area contributed by atoms with E-state index in [0.29, 0.717) is 5.69 Å². The maximum Gasteiger partial charge on any atom is 0.273 e. The van der Waals surface area contributed by atoms with E-state index in [0.717, 1.165) is 25.7 Å². The zero-order valence-corrected chi connectivity index (χ0v) is 13.6. The summed E-state index contributed by atoms with van der Waals surface area (Å²) in [4.78, 5) is 15.9. The molecule has 132 valence electrons. The van der Waals surface area contributed by atoms with E-state index < -0.39 is 5.91 Å². The summed E-state index contributed by atoms with van der Waals surface area (Å²) in [5.41, 5.74) is 11.9. The first-order valence-electron chi connectivity index (χ1n) is 8.12. The summed E-state index contributed by atoms with van der Waals surface area (Å²) >= 11 is 0. The van der Waals surface area contributed by atoms with Crippen LogP contribution in [0.1, 0.15) is 36.2 Å². The first-order chi connectivity index (χ1) is 12.0. The number of halogens is 1. The number of hydrogen-bond donors (Lipinski definition) is 4. The van der Waals surface area contributed by atoms with Crippen LogP contribution in [0.25, 0.3) is 0 Å². The number of amides is 1. The Hall–Kier alpha value is -2.81. The van der Waals surface area contributed by atoms with E-state index >= 15 is 0 Å². The Morgan fingerprint density at radius 2 is 1.88 bits per heavy atom. The van der Waals surface area contributed by atoms with Crippen LogP contribution >= 0.6 is 0 Å². The van der Waals surface area contributed by atoms with Gasteiger partial charge in [-0.15, -0.1) is 10.2 Å². The molecule has 0 unspecified atom stereocenters. The molecule has 0 saturated heterocycles. The fraction of sp³-hybridized carbons (Fsp3) is 0.375. The van der Waals surface area contributed by atoms with Gasteiger partial charge in [0.05, 0.1) is 0 Å². The van der Waals surface area contributed by atoms with Crippen molar-refractivity contribution in [2.75, 3.05) is 10.6 Å². The highest BCUT2D eigenvalue weighted by Crippen LogP contribution is 2.22. The van der Waals surface area contributed by atoms with Gasteiger partial charge in [-0.05, 0) is 37.1 Å². The monoisotopic (exact) mass is 345 g/mol. The van der Waals surface area contributed by atoms with Crippen molar-refractivity contribution in [1.82, 2.24) is 15.2 Å². The van der Waals surface area contributed by atoms with E-state index in [1.807, 2.05) is 0 Å². The third-order valence-electron chi connectivity index (χ3n) is 4.16. The molecule has 25 heavy (non-hydrogen) atoms. The van der Waals surface area contributed by atoms with E-state index in [1.165, 1.54) is 24.3 Å². The fourth-order valence-electron chi connectivity index (χ4n) is 2.81. The quantitative estimate of drug-likeness (QED) is 0.646. The molecule has 1 fully saturated rings. The lowest BCUT2D eigenvalue weighted by atomic mass is 9.91. The number of carbonyl (C=O) groups excluding carboxylic acids is 1. The summed E-state index contributed by atoms with van der Waals surface area (Å²) < 4.78 is 13.0. The topological polar surface area (TPSA) is 132 Å². The van der Waals surface area contributed by atoms with Crippen LogP contribution in [0.5, 0.6) is 0 Å². The largest absolute Gasteiger partial charge is 0.364 e. The maximum absolute atomic E-state index is 13.0. The third-order valence-corrected chi connectivity index (χ3v) is 4.16. The standard InChI is InChI=1S/C16H20FN7O/c17-9-5-7-10(8-6-9)20-15-13(14(19)25)23-24-16(22-15)21-12-4-2-1-3-11(12)18/h5-8,11-12H,1-4,18H2,(H2,19,25)(H2,20,21,22,24)/t11-,12+/m0/s1. The van der Waals surface area contributed by atoms with Crippen molar-refractivity contribution >= 4 is 23.4 Å². The molecule has 0 radical (unpaired) electrons. The van der Waals surface area contributed by atoms with Crippen molar-refractivity contribution in [2.45, 2.75) is 37.8 Å². The average Bonchev–Trinajstić information content (AvgIpc) is 2.59. The van der Waals surface area contributed by atoms with Crippen molar-refractivity contribution < 1.29 is 9.18 Å². The summed E-state index contributed by atoms with van der Waals surface area (Å²) in [6.45, 7) is 0. The number of rotatable bonds is 5. The van der Waals surface area contributed by atoms with Gasteiger partial charge in [0.15, 0.2) is 11.5 Å². The molecule has 0 spiro atoms. The fourth-order valence-corrected chi connectivity index (χ4v) is 2.81. The smallest absolute Gasteiger partial charge is 0.273 e. The summed E-state index contributed by atoms with van der Waals surface area (Å²) in [7, 11) is 0. The zero-order valence-electron chi connectivity index (χ0n) is 13.6. The van der Waals surface area contributed by atoms with Crippen LogP contribution in [0, 0.1) is 5.82 Å². The van der Waals surface area contributed by atoms with Gasteiger partial charge in [-0.1, -0.05) is 12.8 Å². The van der Waals surface area contributed by atoms with Gasteiger partial charge in [-0.3, -0.25) is 4.79 Å². The molecule has 9 heteroatoms. The molecular formula is C16H20FN7O. The second-order valence-corrected chi connectivity index (χ2v) is 6.03. The van der Waals surface area contributed by atoms with Crippen molar-refractivity contribution in [3.63, 3.8) is 0 Å². The molecule has 0 aliphatic heterocycles. The molecule has 2 aromatic rings. The van der Waals surface area contributed by atoms with Gasteiger partial charge < -0.3 is 22.1 Å². The lowest BCUT2D eigenvalue weighted by Crippen LogP contribution is -2.43. The van der Waals surface area contributed by atoms with Crippen LogP contribution in [-0.2, 0) is 0 Å². The highest BCUT2D eigenvalue weighted by Gasteiger charge is 2.23. The van der Waals surface area contributed by atoms with Crippen LogP contribution in [0.4, 0.5) is 21.8 Å². The second-order valence-electron chi connectivity index (χ2n) is 6.03. The predicted molar refractivity (Wildman–Crippen MR) is 91.9 cm³/mol. The van der Waals surface area contributed by atoms with Gasteiger partial charge in [0.2, 0.25) is 5.95 Å². The minimum absolute atomic E-state index is 0.0154. The van der Waals surface area contributed by atoms with Gasteiger partial charge in [0, 0.05) is 17.8 Å². The van der Waals surface area contributed by atoms with Crippen LogP contribution in [0.2, 0.25) is 0 Å².